The third kappa shape index (κ3) is 3.56. The van der Waals surface area contributed by atoms with Crippen LogP contribution in [0.4, 0.5) is 11.4 Å². The van der Waals surface area contributed by atoms with Crippen LogP contribution >= 0.6 is 0 Å². The normalized spacial score (nSPS) is 19.4. The fraction of sp³-hybridized carbons (Fsp3) is 0.0811. The van der Waals surface area contributed by atoms with Crippen LogP contribution in [-0.4, -0.2) is 6.04 Å². The van der Waals surface area contributed by atoms with E-state index in [2.05, 4.69) is 138 Å². The zero-order valence-corrected chi connectivity index (χ0v) is 21.5. The van der Waals surface area contributed by atoms with Gasteiger partial charge in [0.1, 0.15) is 11.2 Å². The molecule has 0 fully saturated rings. The Bertz CT molecular complexity index is 1900. The molecule has 0 saturated carbocycles. The first-order valence-corrected chi connectivity index (χ1v) is 13.7. The standard InChI is InChI=1S/C37H27NO/c1-2-5-13-25(12-4-1)27-22-28(26-14-6-3-7-15-26)24-29(23-27)38-33-18-10-8-17-32(33)36-34(38)21-20-31-30-16-9-11-19-35(30)39-37(31)36/h1,3-24,32-33H,2H2. The van der Waals surface area contributed by atoms with E-state index in [4.69, 9.17) is 4.42 Å². The zero-order chi connectivity index (χ0) is 25.8. The molecule has 0 amide bonds. The molecular formula is C37H27NO. The van der Waals surface area contributed by atoms with Crippen molar-refractivity contribution in [1.29, 1.82) is 0 Å². The second-order valence-electron chi connectivity index (χ2n) is 10.5. The Hall–Kier alpha value is -4.82. The highest BCUT2D eigenvalue weighted by molar-refractivity contribution is 6.08. The quantitative estimate of drug-likeness (QED) is 0.245. The molecular weight excluding hydrogens is 474 g/mol. The summed E-state index contributed by atoms with van der Waals surface area (Å²) < 4.78 is 6.54. The molecule has 0 N–H and O–H groups in total. The van der Waals surface area contributed by atoms with Gasteiger partial charge in [-0.3, -0.25) is 0 Å². The topological polar surface area (TPSA) is 16.4 Å². The third-order valence-electron chi connectivity index (χ3n) is 8.18. The number of anilines is 2. The lowest BCUT2D eigenvalue weighted by Crippen LogP contribution is -2.28. The van der Waals surface area contributed by atoms with Crippen molar-refractivity contribution in [2.45, 2.75) is 18.4 Å². The molecule has 2 aliphatic carbocycles. The average molecular weight is 502 g/mol. The molecule has 39 heavy (non-hydrogen) atoms. The fourth-order valence-electron chi connectivity index (χ4n) is 6.40. The highest BCUT2D eigenvalue weighted by Gasteiger charge is 2.40. The maximum atomic E-state index is 6.54. The Morgan fingerprint density at radius 1 is 0.692 bits per heavy atom. The van der Waals surface area contributed by atoms with Gasteiger partial charge in [0.05, 0.1) is 6.04 Å². The zero-order valence-electron chi connectivity index (χ0n) is 21.5. The molecule has 5 aromatic rings. The molecule has 4 aromatic carbocycles. The Balaban J connectivity index is 1.37. The summed E-state index contributed by atoms with van der Waals surface area (Å²) in [4.78, 5) is 2.51. The molecule has 2 heteroatoms. The first-order valence-electron chi connectivity index (χ1n) is 13.7. The van der Waals surface area contributed by atoms with Crippen molar-refractivity contribution in [3.05, 3.63) is 151 Å². The van der Waals surface area contributed by atoms with Crippen molar-refractivity contribution in [3.8, 4) is 11.1 Å². The fourth-order valence-corrected chi connectivity index (χ4v) is 6.40. The molecule has 2 heterocycles. The molecule has 0 bridgehead atoms. The number of hydrogen-bond donors (Lipinski definition) is 0. The smallest absolute Gasteiger partial charge is 0.141 e. The monoisotopic (exact) mass is 501 g/mol. The lowest BCUT2D eigenvalue weighted by Gasteiger charge is -2.29. The summed E-state index contributed by atoms with van der Waals surface area (Å²) in [5, 5.41) is 2.36. The molecule has 8 rings (SSSR count). The molecule has 0 spiro atoms. The van der Waals surface area contributed by atoms with Gasteiger partial charge < -0.3 is 9.32 Å². The van der Waals surface area contributed by atoms with E-state index in [0.29, 0.717) is 0 Å². The van der Waals surface area contributed by atoms with E-state index in [1.807, 2.05) is 6.07 Å². The van der Waals surface area contributed by atoms with Gasteiger partial charge >= 0.3 is 0 Å². The van der Waals surface area contributed by atoms with Crippen LogP contribution in [-0.2, 0) is 0 Å². The summed E-state index contributed by atoms with van der Waals surface area (Å²) in [7, 11) is 0. The van der Waals surface area contributed by atoms with Crippen LogP contribution in [0.2, 0.25) is 0 Å². The van der Waals surface area contributed by atoms with E-state index in [1.54, 1.807) is 0 Å². The largest absolute Gasteiger partial charge is 0.456 e. The van der Waals surface area contributed by atoms with Crippen molar-refractivity contribution in [1.82, 2.24) is 0 Å². The SMILES string of the molecule is C1=CCC=CC(c2cc(-c3ccccc3)cc(N3c4ccc5c(oc6ccccc65)c4C4C=CC=CC43)c2)=C1. The summed E-state index contributed by atoms with van der Waals surface area (Å²) in [5.41, 5.74) is 10.5. The van der Waals surface area contributed by atoms with E-state index in [0.717, 1.165) is 17.6 Å². The van der Waals surface area contributed by atoms with Gasteiger partial charge in [-0.1, -0.05) is 103 Å². The van der Waals surface area contributed by atoms with Crippen molar-refractivity contribution < 1.29 is 4.42 Å². The lowest BCUT2D eigenvalue weighted by atomic mass is 9.90. The first-order chi connectivity index (χ1) is 19.3. The Kier molecular flexibility index (Phi) is 5.06. The number of allylic oxidation sites excluding steroid dienone is 8. The molecule has 3 aliphatic rings. The molecule has 2 nitrogen and oxygen atoms in total. The molecule has 0 saturated heterocycles. The van der Waals surface area contributed by atoms with Gasteiger partial charge in [-0.15, -0.1) is 0 Å². The minimum absolute atomic E-state index is 0.182. The van der Waals surface area contributed by atoms with Crippen LogP contribution in [0.5, 0.6) is 0 Å². The van der Waals surface area contributed by atoms with Gasteiger partial charge in [-0.25, -0.2) is 0 Å². The highest BCUT2D eigenvalue weighted by atomic mass is 16.3. The van der Waals surface area contributed by atoms with Crippen LogP contribution < -0.4 is 4.90 Å². The molecule has 2 unspecified atom stereocenters. The maximum Gasteiger partial charge on any atom is 0.141 e. The average Bonchev–Trinajstić information content (AvgIpc) is 3.40. The lowest BCUT2D eigenvalue weighted by molar-refractivity contribution is 0.656. The number of fused-ring (bicyclic) bond motifs is 7. The van der Waals surface area contributed by atoms with E-state index in [-0.39, 0.29) is 12.0 Å². The van der Waals surface area contributed by atoms with Crippen LogP contribution in [0.3, 0.4) is 0 Å². The Morgan fingerprint density at radius 2 is 1.54 bits per heavy atom. The van der Waals surface area contributed by atoms with Crippen LogP contribution in [0.25, 0.3) is 38.6 Å². The third-order valence-corrected chi connectivity index (χ3v) is 8.18. The summed E-state index contributed by atoms with van der Waals surface area (Å²) in [6.45, 7) is 0. The predicted octanol–water partition coefficient (Wildman–Crippen LogP) is 9.88. The van der Waals surface area contributed by atoms with E-state index < -0.39 is 0 Å². The molecule has 2 atom stereocenters. The van der Waals surface area contributed by atoms with Gasteiger partial charge in [0.25, 0.3) is 0 Å². The van der Waals surface area contributed by atoms with E-state index in [1.165, 1.54) is 50.0 Å². The summed E-state index contributed by atoms with van der Waals surface area (Å²) in [6, 6.07) is 30.8. The number of furan rings is 1. The first kappa shape index (κ1) is 22.2. The minimum Gasteiger partial charge on any atom is -0.456 e. The second kappa shape index (κ2) is 8.89. The van der Waals surface area contributed by atoms with Gasteiger partial charge in [0.15, 0.2) is 0 Å². The number of rotatable bonds is 3. The molecule has 186 valence electrons. The van der Waals surface area contributed by atoms with Crippen molar-refractivity contribution in [3.63, 3.8) is 0 Å². The van der Waals surface area contributed by atoms with E-state index >= 15 is 0 Å². The molecule has 0 radical (unpaired) electrons. The van der Waals surface area contributed by atoms with Gasteiger partial charge in [0.2, 0.25) is 0 Å². The Morgan fingerprint density at radius 3 is 2.49 bits per heavy atom. The number of benzene rings is 4. The maximum absolute atomic E-state index is 6.54. The summed E-state index contributed by atoms with van der Waals surface area (Å²) in [6.07, 6.45) is 21.0. The van der Waals surface area contributed by atoms with Crippen molar-refractivity contribution >= 4 is 38.9 Å². The molecule has 1 aliphatic heterocycles. The number of hydrogen-bond acceptors (Lipinski definition) is 2. The predicted molar refractivity (Wildman–Crippen MR) is 163 cm³/mol. The number of nitrogens with zero attached hydrogens (tertiary/aromatic N) is 1. The van der Waals surface area contributed by atoms with Gasteiger partial charge in [-0.2, -0.15) is 0 Å². The van der Waals surface area contributed by atoms with Crippen LogP contribution in [0.15, 0.2) is 144 Å². The molecule has 1 aromatic heterocycles. The van der Waals surface area contributed by atoms with Crippen LogP contribution in [0.1, 0.15) is 23.5 Å². The van der Waals surface area contributed by atoms with E-state index in [9.17, 15) is 0 Å². The number of para-hydroxylation sites is 1. The Labute approximate surface area is 228 Å². The summed E-state index contributed by atoms with van der Waals surface area (Å²) >= 11 is 0. The van der Waals surface area contributed by atoms with Crippen LogP contribution in [0, 0.1) is 0 Å². The van der Waals surface area contributed by atoms with Gasteiger partial charge in [-0.05, 0) is 65.1 Å². The summed E-state index contributed by atoms with van der Waals surface area (Å²) in [5.74, 6) is 0.220. The van der Waals surface area contributed by atoms with Crippen molar-refractivity contribution in [2.75, 3.05) is 4.90 Å². The highest BCUT2D eigenvalue weighted by Crippen LogP contribution is 2.52. The van der Waals surface area contributed by atoms with Gasteiger partial charge in [0, 0.05) is 33.6 Å². The second-order valence-corrected chi connectivity index (χ2v) is 10.5. The minimum atomic E-state index is 0.182. The van der Waals surface area contributed by atoms with Crippen molar-refractivity contribution in [2.24, 2.45) is 0 Å².